The second-order valence-corrected chi connectivity index (χ2v) is 5.49. The number of carbonyl (C=O) groups excluding carboxylic acids is 1. The number of ether oxygens (including phenoxy) is 2. The molecule has 0 saturated heterocycles. The van der Waals surface area contributed by atoms with Gasteiger partial charge in [0.25, 0.3) is 5.91 Å². The zero-order valence-electron chi connectivity index (χ0n) is 12.6. The van der Waals surface area contributed by atoms with E-state index >= 15 is 0 Å². The highest BCUT2D eigenvalue weighted by Crippen LogP contribution is 2.22. The van der Waals surface area contributed by atoms with E-state index in [-0.39, 0.29) is 5.91 Å². The molecule has 6 heteroatoms. The molecule has 0 atom stereocenters. The van der Waals surface area contributed by atoms with Crippen LogP contribution in [0.15, 0.2) is 42.5 Å². The summed E-state index contributed by atoms with van der Waals surface area (Å²) in [7, 11) is 0. The second kappa shape index (κ2) is 8.77. The molecular formula is C17H17Cl2NO3. The molecule has 0 aromatic heterocycles. The van der Waals surface area contributed by atoms with Crippen LogP contribution in [0.2, 0.25) is 10.0 Å². The van der Waals surface area contributed by atoms with Crippen LogP contribution in [0, 0.1) is 0 Å². The fourth-order valence-electron chi connectivity index (χ4n) is 1.87. The maximum atomic E-state index is 12.2. The molecule has 1 N–H and O–H groups in total. The molecule has 0 fully saturated rings. The van der Waals surface area contributed by atoms with E-state index in [1.165, 1.54) is 6.07 Å². The highest BCUT2D eigenvalue weighted by atomic mass is 35.5. The van der Waals surface area contributed by atoms with Crippen LogP contribution in [0.5, 0.6) is 5.75 Å². The van der Waals surface area contributed by atoms with E-state index in [1.54, 1.807) is 36.4 Å². The highest BCUT2D eigenvalue weighted by Gasteiger charge is 2.11. The van der Waals surface area contributed by atoms with Gasteiger partial charge in [-0.2, -0.15) is 0 Å². The first-order chi connectivity index (χ1) is 11.1. The van der Waals surface area contributed by atoms with Crippen LogP contribution < -0.4 is 10.1 Å². The third-order valence-corrected chi connectivity index (χ3v) is 3.54. The summed E-state index contributed by atoms with van der Waals surface area (Å²) in [5.74, 6) is 0.420. The van der Waals surface area contributed by atoms with E-state index in [0.29, 0.717) is 46.9 Å². The van der Waals surface area contributed by atoms with Crippen molar-refractivity contribution in [1.82, 2.24) is 0 Å². The quantitative estimate of drug-likeness (QED) is 0.736. The lowest BCUT2D eigenvalue weighted by atomic mass is 10.2. The van der Waals surface area contributed by atoms with Crippen molar-refractivity contribution >= 4 is 34.8 Å². The number of carbonyl (C=O) groups is 1. The summed E-state index contributed by atoms with van der Waals surface area (Å²) in [5, 5.41) is 3.57. The fraction of sp³-hybridized carbons (Fsp3) is 0.235. The van der Waals surface area contributed by atoms with Gasteiger partial charge in [0.05, 0.1) is 17.2 Å². The molecule has 0 aliphatic carbocycles. The van der Waals surface area contributed by atoms with Gasteiger partial charge in [0.2, 0.25) is 0 Å². The molecule has 0 saturated carbocycles. The number of hydrogen-bond donors (Lipinski definition) is 1. The summed E-state index contributed by atoms with van der Waals surface area (Å²) >= 11 is 11.8. The van der Waals surface area contributed by atoms with Crippen molar-refractivity contribution in [2.24, 2.45) is 0 Å². The Bertz CT molecular complexity index is 659. The number of rotatable bonds is 7. The smallest absolute Gasteiger partial charge is 0.257 e. The first kappa shape index (κ1) is 17.6. The number of hydrogen-bond acceptors (Lipinski definition) is 3. The summed E-state index contributed by atoms with van der Waals surface area (Å²) in [5.41, 5.74) is 1.02. The predicted octanol–water partition coefficient (Wildman–Crippen LogP) is 4.66. The number of anilines is 1. The highest BCUT2D eigenvalue weighted by molar-refractivity contribution is 6.37. The van der Waals surface area contributed by atoms with Crippen LogP contribution in [0.25, 0.3) is 0 Å². The Morgan fingerprint density at radius 2 is 1.83 bits per heavy atom. The molecule has 0 spiro atoms. The van der Waals surface area contributed by atoms with Gasteiger partial charge in [-0.05, 0) is 49.4 Å². The third-order valence-electron chi connectivity index (χ3n) is 2.99. The van der Waals surface area contributed by atoms with E-state index in [1.807, 2.05) is 6.92 Å². The van der Waals surface area contributed by atoms with Gasteiger partial charge in [-0.15, -0.1) is 0 Å². The molecule has 122 valence electrons. The molecule has 0 unspecified atom stereocenters. The van der Waals surface area contributed by atoms with Crippen LogP contribution >= 0.6 is 23.2 Å². The summed E-state index contributed by atoms with van der Waals surface area (Å²) in [6.07, 6.45) is 0. The van der Waals surface area contributed by atoms with Crippen molar-refractivity contribution in [3.63, 3.8) is 0 Å². The second-order valence-electron chi connectivity index (χ2n) is 4.65. The molecule has 0 aliphatic rings. The van der Waals surface area contributed by atoms with E-state index in [0.717, 1.165) is 0 Å². The van der Waals surface area contributed by atoms with Gasteiger partial charge in [0.1, 0.15) is 12.4 Å². The summed E-state index contributed by atoms with van der Waals surface area (Å²) < 4.78 is 10.7. The van der Waals surface area contributed by atoms with Gasteiger partial charge in [0, 0.05) is 17.3 Å². The molecule has 0 bridgehead atoms. The number of halogens is 2. The first-order valence-corrected chi connectivity index (χ1v) is 7.92. The van der Waals surface area contributed by atoms with E-state index < -0.39 is 0 Å². The Morgan fingerprint density at radius 3 is 2.48 bits per heavy atom. The average Bonchev–Trinajstić information content (AvgIpc) is 2.53. The zero-order valence-corrected chi connectivity index (χ0v) is 14.2. The minimum atomic E-state index is -0.295. The Hall–Kier alpha value is -1.75. The lowest BCUT2D eigenvalue weighted by molar-refractivity contribution is 0.102. The number of benzene rings is 2. The van der Waals surface area contributed by atoms with Crippen molar-refractivity contribution in [1.29, 1.82) is 0 Å². The Morgan fingerprint density at radius 1 is 1.09 bits per heavy atom. The molecule has 4 nitrogen and oxygen atoms in total. The average molecular weight is 354 g/mol. The molecular weight excluding hydrogens is 337 g/mol. The Kier molecular flexibility index (Phi) is 6.71. The summed E-state index contributed by atoms with van der Waals surface area (Å²) in [6, 6.07) is 11.8. The minimum Gasteiger partial charge on any atom is -0.491 e. The minimum absolute atomic E-state index is 0.295. The molecule has 1 amide bonds. The van der Waals surface area contributed by atoms with Crippen LogP contribution in [-0.4, -0.2) is 25.7 Å². The van der Waals surface area contributed by atoms with Crippen molar-refractivity contribution in [2.45, 2.75) is 6.92 Å². The molecule has 0 radical (unpaired) electrons. The standard InChI is InChI=1S/C17H17Cl2NO3/c1-2-22-9-10-23-14-6-4-13(5-7-14)20-17(21)15-8-3-12(18)11-16(15)19/h3-8,11H,2,9-10H2,1H3,(H,20,21). The van der Waals surface area contributed by atoms with Gasteiger partial charge >= 0.3 is 0 Å². The van der Waals surface area contributed by atoms with Gasteiger partial charge in [-0.3, -0.25) is 4.79 Å². The van der Waals surface area contributed by atoms with Gasteiger partial charge < -0.3 is 14.8 Å². The monoisotopic (exact) mass is 353 g/mol. The van der Waals surface area contributed by atoms with Crippen LogP contribution in [0.1, 0.15) is 17.3 Å². The summed E-state index contributed by atoms with van der Waals surface area (Å²) in [6.45, 7) is 3.63. The van der Waals surface area contributed by atoms with Crippen LogP contribution in [0.4, 0.5) is 5.69 Å². The number of amides is 1. The zero-order chi connectivity index (χ0) is 16.7. The van der Waals surface area contributed by atoms with E-state index in [4.69, 9.17) is 32.7 Å². The maximum Gasteiger partial charge on any atom is 0.257 e. The largest absolute Gasteiger partial charge is 0.491 e. The molecule has 23 heavy (non-hydrogen) atoms. The molecule has 2 aromatic carbocycles. The Labute approximate surface area is 145 Å². The fourth-order valence-corrected chi connectivity index (χ4v) is 2.36. The van der Waals surface area contributed by atoms with Gasteiger partial charge in [0.15, 0.2) is 0 Å². The van der Waals surface area contributed by atoms with E-state index in [2.05, 4.69) is 5.32 Å². The molecule has 0 heterocycles. The maximum absolute atomic E-state index is 12.2. The predicted molar refractivity (Wildman–Crippen MR) is 92.8 cm³/mol. The molecule has 0 aliphatic heterocycles. The normalized spacial score (nSPS) is 10.4. The SMILES string of the molecule is CCOCCOc1ccc(NC(=O)c2ccc(Cl)cc2Cl)cc1. The lowest BCUT2D eigenvalue weighted by Gasteiger charge is -2.09. The number of nitrogens with one attached hydrogen (secondary N) is 1. The van der Waals surface area contributed by atoms with Crippen molar-refractivity contribution in [2.75, 3.05) is 25.1 Å². The summed E-state index contributed by atoms with van der Waals surface area (Å²) in [4.78, 5) is 12.2. The molecule has 2 rings (SSSR count). The van der Waals surface area contributed by atoms with Crippen molar-refractivity contribution < 1.29 is 14.3 Å². The van der Waals surface area contributed by atoms with Gasteiger partial charge in [-0.25, -0.2) is 0 Å². The third kappa shape index (κ3) is 5.43. The molecule has 2 aromatic rings. The lowest BCUT2D eigenvalue weighted by Crippen LogP contribution is -2.12. The Balaban J connectivity index is 1.93. The van der Waals surface area contributed by atoms with E-state index in [9.17, 15) is 4.79 Å². The first-order valence-electron chi connectivity index (χ1n) is 7.17. The van der Waals surface area contributed by atoms with Crippen molar-refractivity contribution in [3.8, 4) is 5.75 Å². The topological polar surface area (TPSA) is 47.6 Å². The van der Waals surface area contributed by atoms with Gasteiger partial charge in [-0.1, -0.05) is 23.2 Å². The van der Waals surface area contributed by atoms with Crippen LogP contribution in [-0.2, 0) is 4.74 Å². The van der Waals surface area contributed by atoms with Crippen LogP contribution in [0.3, 0.4) is 0 Å². The van der Waals surface area contributed by atoms with Crippen molar-refractivity contribution in [3.05, 3.63) is 58.1 Å².